The highest BCUT2D eigenvalue weighted by Gasteiger charge is 2.18. The lowest BCUT2D eigenvalue weighted by atomic mass is 10.1. The van der Waals surface area contributed by atoms with Crippen molar-refractivity contribution in [1.29, 1.82) is 0 Å². The lowest BCUT2D eigenvalue weighted by molar-refractivity contribution is 0.623. The zero-order valence-electron chi connectivity index (χ0n) is 10.6. The van der Waals surface area contributed by atoms with Gasteiger partial charge in [-0.15, -0.1) is 0 Å². The van der Waals surface area contributed by atoms with Gasteiger partial charge in [0.05, 0.1) is 11.4 Å². The first-order valence-corrected chi connectivity index (χ1v) is 6.47. The summed E-state index contributed by atoms with van der Waals surface area (Å²) in [4.78, 5) is 9.10. The Morgan fingerprint density at radius 3 is 2.72 bits per heavy atom. The summed E-state index contributed by atoms with van der Waals surface area (Å²) in [5.41, 5.74) is 3.30. The van der Waals surface area contributed by atoms with Crippen molar-refractivity contribution in [2.75, 3.05) is 6.54 Å². The number of aryl methyl sites for hydroxylation is 1. The largest absolute Gasteiger partial charge is 0.309 e. The van der Waals surface area contributed by atoms with Gasteiger partial charge in [-0.25, -0.2) is 9.97 Å². The molecule has 0 saturated carbocycles. The second kappa shape index (κ2) is 4.86. The monoisotopic (exact) mass is 239 g/mol. The van der Waals surface area contributed by atoms with Crippen LogP contribution in [0.2, 0.25) is 0 Å². The van der Waals surface area contributed by atoms with Crippen LogP contribution in [0.15, 0.2) is 36.4 Å². The summed E-state index contributed by atoms with van der Waals surface area (Å²) < 4.78 is 0. The number of benzene rings is 1. The molecular weight excluding hydrogens is 222 g/mol. The summed E-state index contributed by atoms with van der Waals surface area (Å²) >= 11 is 0. The summed E-state index contributed by atoms with van der Waals surface area (Å²) in [6.07, 6.45) is 2.40. The second-order valence-corrected chi connectivity index (χ2v) is 4.74. The van der Waals surface area contributed by atoms with Crippen molar-refractivity contribution in [3.05, 3.63) is 47.9 Å². The molecule has 1 N–H and O–H groups in total. The predicted molar refractivity (Wildman–Crippen MR) is 72.2 cm³/mol. The van der Waals surface area contributed by atoms with Crippen molar-refractivity contribution >= 4 is 0 Å². The number of aromatic nitrogens is 2. The molecule has 0 amide bonds. The first kappa shape index (κ1) is 11.4. The molecule has 3 nitrogen and oxygen atoms in total. The van der Waals surface area contributed by atoms with Crippen LogP contribution in [0.25, 0.3) is 11.3 Å². The molecule has 0 bridgehead atoms. The fraction of sp³-hybridized carbons (Fsp3) is 0.333. The van der Waals surface area contributed by atoms with Gasteiger partial charge in [0.2, 0.25) is 0 Å². The quantitative estimate of drug-likeness (QED) is 0.875. The van der Waals surface area contributed by atoms with Crippen LogP contribution >= 0.6 is 0 Å². The lowest BCUT2D eigenvalue weighted by Gasteiger charge is -2.12. The average molecular weight is 239 g/mol. The van der Waals surface area contributed by atoms with E-state index in [-0.39, 0.29) is 0 Å². The van der Waals surface area contributed by atoms with Crippen molar-refractivity contribution in [1.82, 2.24) is 15.3 Å². The fourth-order valence-electron chi connectivity index (χ4n) is 2.46. The molecule has 1 unspecified atom stereocenters. The van der Waals surface area contributed by atoms with Crippen molar-refractivity contribution in [3.8, 4) is 11.3 Å². The van der Waals surface area contributed by atoms with Gasteiger partial charge in [-0.1, -0.05) is 30.3 Å². The molecule has 3 rings (SSSR count). The molecule has 3 heteroatoms. The molecule has 1 aliphatic rings. The fourth-order valence-corrected chi connectivity index (χ4v) is 2.46. The van der Waals surface area contributed by atoms with E-state index in [1.54, 1.807) is 0 Å². The number of rotatable bonds is 2. The normalized spacial score (nSPS) is 19.1. The zero-order valence-corrected chi connectivity index (χ0v) is 10.6. The van der Waals surface area contributed by atoms with Crippen LogP contribution in [0, 0.1) is 6.92 Å². The molecule has 18 heavy (non-hydrogen) atoms. The van der Waals surface area contributed by atoms with Crippen LogP contribution in [0.1, 0.15) is 30.4 Å². The molecule has 1 aliphatic heterocycles. The van der Waals surface area contributed by atoms with Gasteiger partial charge >= 0.3 is 0 Å². The Morgan fingerprint density at radius 2 is 2.00 bits per heavy atom. The average Bonchev–Trinajstić information content (AvgIpc) is 2.93. The van der Waals surface area contributed by atoms with Crippen LogP contribution in [0.4, 0.5) is 0 Å². The van der Waals surface area contributed by atoms with Crippen LogP contribution < -0.4 is 5.32 Å². The molecule has 1 atom stereocenters. The third kappa shape index (κ3) is 2.27. The first-order chi connectivity index (χ1) is 8.83. The van der Waals surface area contributed by atoms with E-state index in [9.17, 15) is 0 Å². The summed E-state index contributed by atoms with van der Waals surface area (Å²) in [5, 5.41) is 3.49. The minimum Gasteiger partial charge on any atom is -0.309 e. The van der Waals surface area contributed by atoms with Gasteiger partial charge < -0.3 is 5.32 Å². The van der Waals surface area contributed by atoms with E-state index >= 15 is 0 Å². The van der Waals surface area contributed by atoms with E-state index < -0.39 is 0 Å². The Morgan fingerprint density at radius 1 is 1.17 bits per heavy atom. The summed E-state index contributed by atoms with van der Waals surface area (Å²) in [5.74, 6) is 0.847. The predicted octanol–water partition coefficient (Wildman–Crippen LogP) is 2.88. The second-order valence-electron chi connectivity index (χ2n) is 4.74. The van der Waals surface area contributed by atoms with E-state index in [2.05, 4.69) is 33.5 Å². The van der Waals surface area contributed by atoms with E-state index in [1.165, 1.54) is 12.8 Å². The van der Waals surface area contributed by atoms with Crippen LogP contribution in [0.5, 0.6) is 0 Å². The zero-order chi connectivity index (χ0) is 12.4. The van der Waals surface area contributed by atoms with Gasteiger partial charge in [-0.2, -0.15) is 0 Å². The van der Waals surface area contributed by atoms with Crippen molar-refractivity contribution in [3.63, 3.8) is 0 Å². The smallest absolute Gasteiger partial charge is 0.126 e. The van der Waals surface area contributed by atoms with Crippen molar-refractivity contribution in [2.45, 2.75) is 25.8 Å². The minimum atomic E-state index is 0.397. The number of hydrogen-bond donors (Lipinski definition) is 1. The number of nitrogens with one attached hydrogen (secondary N) is 1. The highest BCUT2D eigenvalue weighted by atomic mass is 15.0. The Kier molecular flexibility index (Phi) is 3.07. The molecular formula is C15H17N3. The SMILES string of the molecule is Cc1nc(-c2ccccc2)cc(C2CCCN2)n1. The summed E-state index contributed by atoms with van der Waals surface area (Å²) in [7, 11) is 0. The number of nitrogens with zero attached hydrogens (tertiary/aromatic N) is 2. The highest BCUT2D eigenvalue weighted by molar-refractivity contribution is 5.59. The third-order valence-electron chi connectivity index (χ3n) is 3.34. The highest BCUT2D eigenvalue weighted by Crippen LogP contribution is 2.25. The van der Waals surface area contributed by atoms with Gasteiger partial charge in [0.1, 0.15) is 5.82 Å². The van der Waals surface area contributed by atoms with Crippen molar-refractivity contribution < 1.29 is 0 Å². The topological polar surface area (TPSA) is 37.8 Å². The van der Waals surface area contributed by atoms with Crippen LogP contribution in [-0.2, 0) is 0 Å². The van der Waals surface area contributed by atoms with E-state index in [1.807, 2.05) is 25.1 Å². The summed E-state index contributed by atoms with van der Waals surface area (Å²) in [6, 6.07) is 12.8. The standard InChI is InChI=1S/C15H17N3/c1-11-17-14(12-6-3-2-4-7-12)10-15(18-11)13-8-5-9-16-13/h2-4,6-7,10,13,16H,5,8-9H2,1H3. The molecule has 0 radical (unpaired) electrons. The Balaban J connectivity index is 2.00. The summed E-state index contributed by atoms with van der Waals surface area (Å²) in [6.45, 7) is 3.05. The van der Waals surface area contributed by atoms with Crippen LogP contribution in [0.3, 0.4) is 0 Å². The molecule has 1 aromatic heterocycles. The molecule has 92 valence electrons. The molecule has 0 aliphatic carbocycles. The van der Waals surface area contributed by atoms with Crippen LogP contribution in [-0.4, -0.2) is 16.5 Å². The van der Waals surface area contributed by atoms with Gasteiger partial charge in [0, 0.05) is 11.6 Å². The number of hydrogen-bond acceptors (Lipinski definition) is 3. The molecule has 1 saturated heterocycles. The molecule has 2 aromatic rings. The first-order valence-electron chi connectivity index (χ1n) is 6.47. The molecule has 0 spiro atoms. The maximum Gasteiger partial charge on any atom is 0.126 e. The maximum atomic E-state index is 4.57. The molecule has 1 fully saturated rings. The lowest BCUT2D eigenvalue weighted by Crippen LogP contribution is -2.15. The van der Waals surface area contributed by atoms with E-state index in [4.69, 9.17) is 0 Å². The Labute approximate surface area is 107 Å². The van der Waals surface area contributed by atoms with E-state index in [0.717, 1.165) is 29.3 Å². The molecule has 1 aromatic carbocycles. The molecule has 2 heterocycles. The third-order valence-corrected chi connectivity index (χ3v) is 3.34. The van der Waals surface area contributed by atoms with Gasteiger partial charge in [0.25, 0.3) is 0 Å². The minimum absolute atomic E-state index is 0.397. The van der Waals surface area contributed by atoms with Gasteiger partial charge in [-0.05, 0) is 32.4 Å². The van der Waals surface area contributed by atoms with Crippen molar-refractivity contribution in [2.24, 2.45) is 0 Å². The Bertz CT molecular complexity index is 531. The van der Waals surface area contributed by atoms with Gasteiger partial charge in [-0.3, -0.25) is 0 Å². The maximum absolute atomic E-state index is 4.57. The Hall–Kier alpha value is -1.74. The van der Waals surface area contributed by atoms with Gasteiger partial charge in [0.15, 0.2) is 0 Å². The van der Waals surface area contributed by atoms with E-state index in [0.29, 0.717) is 6.04 Å².